The fourth-order valence-electron chi connectivity index (χ4n) is 7.99. The summed E-state index contributed by atoms with van der Waals surface area (Å²) in [5.74, 6) is -0.783. The number of hydrazine groups is 1. The van der Waals surface area contributed by atoms with Crippen molar-refractivity contribution in [3.05, 3.63) is 71.6 Å². The molecular weight excluding hydrogens is 713 g/mol. The van der Waals surface area contributed by atoms with Gasteiger partial charge in [0, 0.05) is 67.8 Å². The highest BCUT2D eigenvalue weighted by Gasteiger charge is 2.36. The third kappa shape index (κ3) is 8.69. The van der Waals surface area contributed by atoms with E-state index in [2.05, 4.69) is 54.8 Å². The van der Waals surface area contributed by atoms with Gasteiger partial charge >= 0.3 is 12.0 Å². The summed E-state index contributed by atoms with van der Waals surface area (Å²) in [5.41, 5.74) is 9.50. The summed E-state index contributed by atoms with van der Waals surface area (Å²) in [4.78, 5) is 47.9. The number of aromatic hydroxyl groups is 1. The van der Waals surface area contributed by atoms with Crippen LogP contribution in [0.15, 0.2) is 59.7 Å². The van der Waals surface area contributed by atoms with Gasteiger partial charge < -0.3 is 34.1 Å². The van der Waals surface area contributed by atoms with Crippen LogP contribution in [0.4, 0.5) is 4.79 Å². The van der Waals surface area contributed by atoms with Crippen molar-refractivity contribution in [2.45, 2.75) is 85.0 Å². The number of aliphatic imine (C=N–C) groups is 1. The highest BCUT2D eigenvalue weighted by Crippen LogP contribution is 2.40. The Kier molecular flexibility index (Phi) is 12.7. The lowest BCUT2D eigenvalue weighted by atomic mass is 9.84. The lowest BCUT2D eigenvalue weighted by Gasteiger charge is -2.36. The molecule has 6 rings (SSSR count). The summed E-state index contributed by atoms with van der Waals surface area (Å²) in [7, 11) is 1.66. The number of fused-ring (bicyclic) bond motifs is 6. The Morgan fingerprint density at radius 3 is 2.62 bits per heavy atom. The molecule has 2 fully saturated rings. The van der Waals surface area contributed by atoms with E-state index in [0.29, 0.717) is 64.2 Å². The SMILES string of the molecule is C=C/C(=C(\N=CC)[C@H](C)OC)c1c2c3cc(ccc3n1CC)-c1cc(O)cc(c1)C[C@H](NC(=O)N1CCOCC1)C(=O)N1CCC[C@H](N1)C(=O)OCC(C)(C)C2. The third-order valence-electron chi connectivity index (χ3n) is 10.9. The molecule has 3 N–H and O–H groups in total. The maximum Gasteiger partial charge on any atom is 0.324 e. The van der Waals surface area contributed by atoms with Gasteiger partial charge in [0.15, 0.2) is 0 Å². The second kappa shape index (κ2) is 17.4. The van der Waals surface area contributed by atoms with Gasteiger partial charge in [0.05, 0.1) is 37.3 Å². The molecule has 4 heterocycles. The molecule has 3 aliphatic rings. The number of esters is 1. The number of phenolic OH excluding ortho intramolecular Hbond substituents is 1. The average Bonchev–Trinajstić information content (AvgIpc) is 3.50. The van der Waals surface area contributed by atoms with Crippen LogP contribution in [0.3, 0.4) is 0 Å². The topological polar surface area (TPSA) is 147 Å². The van der Waals surface area contributed by atoms with Gasteiger partial charge in [0.2, 0.25) is 0 Å². The molecule has 0 spiro atoms. The molecule has 3 aromatic rings. The molecule has 0 unspecified atom stereocenters. The number of carbonyl (C=O) groups is 3. The lowest BCUT2D eigenvalue weighted by Crippen LogP contribution is -2.61. The number of rotatable bonds is 7. The Morgan fingerprint density at radius 2 is 1.93 bits per heavy atom. The van der Waals surface area contributed by atoms with Gasteiger partial charge in [0.25, 0.3) is 5.91 Å². The molecule has 300 valence electrons. The number of hydrogen-bond donors (Lipinski definition) is 3. The zero-order valence-electron chi connectivity index (χ0n) is 33.5. The number of nitrogens with one attached hydrogen (secondary N) is 2. The minimum Gasteiger partial charge on any atom is -0.508 e. The van der Waals surface area contributed by atoms with Gasteiger partial charge in [-0.15, -0.1) is 0 Å². The standard InChI is InChI=1S/C43H56N6O7/c1-8-32(38(44-9-2)27(4)54-7)39-34-25-43(5,6)26-56-41(52)35-12-11-15-49(46-35)40(51)36(45-42(53)47-16-18-55-19-17-47)22-28-20-30(23-31(50)21-28)29-13-14-37(33(34)24-29)48(39)10-3/h8-9,13-14,20-21,23-24,27,35-36,46,50H,1,10-12,15-19,22,25-26H2,2-7H3,(H,45,53)/b38-32+,44-9?/t27-,35-,36-/m0/s1. The number of aromatic nitrogens is 1. The van der Waals surface area contributed by atoms with Crippen molar-refractivity contribution in [1.29, 1.82) is 0 Å². The van der Waals surface area contributed by atoms with Crippen LogP contribution in [0, 0.1) is 5.41 Å². The molecule has 3 aliphatic heterocycles. The number of benzene rings is 2. The van der Waals surface area contributed by atoms with Crippen molar-refractivity contribution >= 4 is 40.6 Å². The maximum absolute atomic E-state index is 14.3. The Hall–Kier alpha value is -4.98. The van der Waals surface area contributed by atoms with E-state index >= 15 is 0 Å². The fraction of sp³-hybridized carbons (Fsp3) is 0.488. The van der Waals surface area contributed by atoms with Crippen LogP contribution in [-0.4, -0.2) is 108 Å². The minimum atomic E-state index is -0.992. The monoisotopic (exact) mass is 768 g/mol. The highest BCUT2D eigenvalue weighted by molar-refractivity contribution is 5.96. The number of hydrogen-bond acceptors (Lipinski definition) is 9. The molecular formula is C43H56N6O7. The smallest absolute Gasteiger partial charge is 0.324 e. The zero-order chi connectivity index (χ0) is 40.1. The number of morpholine rings is 1. The average molecular weight is 769 g/mol. The van der Waals surface area contributed by atoms with Gasteiger partial charge in [-0.1, -0.05) is 38.6 Å². The minimum absolute atomic E-state index is 0.0392. The number of phenols is 1. The van der Waals surface area contributed by atoms with Crippen molar-refractivity contribution < 1.29 is 33.7 Å². The molecule has 6 bridgehead atoms. The number of urea groups is 1. The zero-order valence-corrected chi connectivity index (χ0v) is 33.5. The van der Waals surface area contributed by atoms with E-state index in [4.69, 9.17) is 19.2 Å². The summed E-state index contributed by atoms with van der Waals surface area (Å²) >= 11 is 0. The summed E-state index contributed by atoms with van der Waals surface area (Å²) in [6.07, 6.45) is 4.99. The third-order valence-corrected chi connectivity index (χ3v) is 10.9. The van der Waals surface area contributed by atoms with Gasteiger partial charge in [0.1, 0.15) is 17.8 Å². The largest absolute Gasteiger partial charge is 0.508 e. The van der Waals surface area contributed by atoms with E-state index in [1.165, 1.54) is 5.01 Å². The molecule has 2 saturated heterocycles. The Bertz CT molecular complexity index is 2030. The molecule has 1 aromatic heterocycles. The van der Waals surface area contributed by atoms with Gasteiger partial charge in [-0.3, -0.25) is 19.6 Å². The maximum atomic E-state index is 14.3. The molecule has 0 radical (unpaired) electrons. The Morgan fingerprint density at radius 1 is 1.16 bits per heavy atom. The first-order valence-corrected chi connectivity index (χ1v) is 19.6. The van der Waals surface area contributed by atoms with Crippen molar-refractivity contribution in [2.24, 2.45) is 10.4 Å². The normalized spacial score (nSPS) is 21.7. The molecule has 3 amide bonds. The predicted octanol–water partition coefficient (Wildman–Crippen LogP) is 5.63. The van der Waals surface area contributed by atoms with E-state index in [0.717, 1.165) is 44.6 Å². The van der Waals surface area contributed by atoms with E-state index < -0.39 is 23.5 Å². The Balaban J connectivity index is 1.54. The number of aryl methyl sites for hydroxylation is 1. The summed E-state index contributed by atoms with van der Waals surface area (Å²) < 4.78 is 19.6. The fourth-order valence-corrected chi connectivity index (χ4v) is 7.99. The number of nitrogens with zero attached hydrogens (tertiary/aromatic N) is 4. The second-order valence-electron chi connectivity index (χ2n) is 15.5. The van der Waals surface area contributed by atoms with Crippen LogP contribution < -0.4 is 10.7 Å². The number of amides is 3. The van der Waals surface area contributed by atoms with E-state index in [1.807, 2.05) is 32.1 Å². The van der Waals surface area contributed by atoms with E-state index in [-0.39, 0.29) is 36.8 Å². The first-order valence-electron chi connectivity index (χ1n) is 19.6. The predicted molar refractivity (Wildman–Crippen MR) is 217 cm³/mol. The first kappa shape index (κ1) is 40.7. The first-order chi connectivity index (χ1) is 26.9. The van der Waals surface area contributed by atoms with Crippen LogP contribution in [0.5, 0.6) is 5.75 Å². The molecule has 0 saturated carbocycles. The second-order valence-corrected chi connectivity index (χ2v) is 15.5. The molecule has 0 aliphatic carbocycles. The van der Waals surface area contributed by atoms with Crippen LogP contribution in [0.25, 0.3) is 27.6 Å². The summed E-state index contributed by atoms with van der Waals surface area (Å²) in [5, 5.41) is 16.5. The van der Waals surface area contributed by atoms with Crippen molar-refractivity contribution in [2.75, 3.05) is 46.6 Å². The Labute approximate surface area is 329 Å². The molecule has 3 atom stereocenters. The van der Waals surface area contributed by atoms with Gasteiger partial charge in [-0.05, 0) is 86.6 Å². The molecule has 2 aromatic carbocycles. The quantitative estimate of drug-likeness (QED) is 0.159. The number of cyclic esters (lactones) is 1. The number of ether oxygens (including phenoxy) is 3. The van der Waals surface area contributed by atoms with Crippen LogP contribution >= 0.6 is 0 Å². The van der Waals surface area contributed by atoms with Crippen LogP contribution in [0.1, 0.15) is 64.3 Å². The van der Waals surface area contributed by atoms with Crippen LogP contribution in [-0.2, 0) is 43.2 Å². The highest BCUT2D eigenvalue weighted by atomic mass is 16.5. The van der Waals surface area contributed by atoms with Gasteiger partial charge in [-0.25, -0.2) is 10.2 Å². The van der Waals surface area contributed by atoms with Crippen molar-refractivity contribution in [1.82, 2.24) is 25.2 Å². The summed E-state index contributed by atoms with van der Waals surface area (Å²) in [6.45, 7) is 17.1. The van der Waals surface area contributed by atoms with Crippen molar-refractivity contribution in [3.8, 4) is 16.9 Å². The van der Waals surface area contributed by atoms with Gasteiger partial charge in [-0.2, -0.15) is 0 Å². The number of carbonyl (C=O) groups excluding carboxylic acids is 3. The number of allylic oxidation sites excluding steroid dienone is 2. The molecule has 56 heavy (non-hydrogen) atoms. The van der Waals surface area contributed by atoms with Crippen molar-refractivity contribution in [3.63, 3.8) is 0 Å². The molecule has 13 heteroatoms. The van der Waals surface area contributed by atoms with E-state index in [1.54, 1.807) is 30.4 Å². The summed E-state index contributed by atoms with van der Waals surface area (Å²) in [6, 6.07) is 9.45. The molecule has 13 nitrogen and oxygen atoms in total. The van der Waals surface area contributed by atoms with Crippen LogP contribution in [0.2, 0.25) is 0 Å². The lowest BCUT2D eigenvalue weighted by molar-refractivity contribution is -0.155. The van der Waals surface area contributed by atoms with E-state index in [9.17, 15) is 19.5 Å². The number of methoxy groups -OCH3 is 1.